The SMILES string of the molecule is Cc1cc(C)cc(NC(=O)CSCc2ccc(Cl)cc2)c1. The van der Waals surface area contributed by atoms with E-state index in [0.717, 1.165) is 27.6 Å². The number of thioether (sulfide) groups is 1. The molecule has 2 rings (SSSR count). The van der Waals surface area contributed by atoms with Gasteiger partial charge in [0.25, 0.3) is 0 Å². The highest BCUT2D eigenvalue weighted by atomic mass is 35.5. The van der Waals surface area contributed by atoms with Crippen LogP contribution in [-0.2, 0) is 10.5 Å². The number of hydrogen-bond donors (Lipinski definition) is 1. The van der Waals surface area contributed by atoms with Gasteiger partial charge >= 0.3 is 0 Å². The highest BCUT2D eigenvalue weighted by Crippen LogP contribution is 2.17. The van der Waals surface area contributed by atoms with E-state index >= 15 is 0 Å². The van der Waals surface area contributed by atoms with E-state index in [1.807, 2.05) is 50.2 Å². The summed E-state index contributed by atoms with van der Waals surface area (Å²) in [5, 5.41) is 3.67. The number of aryl methyl sites for hydroxylation is 2. The minimum Gasteiger partial charge on any atom is -0.325 e. The Morgan fingerprint density at radius 1 is 1.10 bits per heavy atom. The predicted molar refractivity (Wildman–Crippen MR) is 92.2 cm³/mol. The second-order valence-electron chi connectivity index (χ2n) is 5.04. The molecule has 0 fully saturated rings. The van der Waals surface area contributed by atoms with Crippen LogP contribution >= 0.6 is 23.4 Å². The van der Waals surface area contributed by atoms with Crippen LogP contribution in [0, 0.1) is 13.8 Å². The lowest BCUT2D eigenvalue weighted by molar-refractivity contribution is -0.113. The Morgan fingerprint density at radius 2 is 1.71 bits per heavy atom. The van der Waals surface area contributed by atoms with Gasteiger partial charge in [0.05, 0.1) is 5.75 Å². The van der Waals surface area contributed by atoms with E-state index in [9.17, 15) is 4.79 Å². The first-order chi connectivity index (χ1) is 10.0. The maximum Gasteiger partial charge on any atom is 0.234 e. The van der Waals surface area contributed by atoms with Gasteiger partial charge in [-0.25, -0.2) is 0 Å². The number of rotatable bonds is 5. The summed E-state index contributed by atoms with van der Waals surface area (Å²) in [6, 6.07) is 13.8. The zero-order chi connectivity index (χ0) is 15.2. The van der Waals surface area contributed by atoms with Crippen LogP contribution in [0.4, 0.5) is 5.69 Å². The van der Waals surface area contributed by atoms with Gasteiger partial charge in [-0.3, -0.25) is 4.79 Å². The second kappa shape index (κ2) is 7.53. The summed E-state index contributed by atoms with van der Waals surface area (Å²) in [5.74, 6) is 1.27. The molecule has 0 aliphatic carbocycles. The predicted octanol–water partition coefficient (Wildman–Crippen LogP) is 4.83. The summed E-state index contributed by atoms with van der Waals surface area (Å²) < 4.78 is 0. The molecule has 0 unspecified atom stereocenters. The number of nitrogens with one attached hydrogen (secondary N) is 1. The maximum atomic E-state index is 11.9. The van der Waals surface area contributed by atoms with Crippen molar-refractivity contribution in [1.29, 1.82) is 0 Å². The van der Waals surface area contributed by atoms with Crippen LogP contribution in [0.15, 0.2) is 42.5 Å². The lowest BCUT2D eigenvalue weighted by Crippen LogP contribution is -2.14. The normalized spacial score (nSPS) is 10.4. The molecule has 4 heteroatoms. The molecule has 1 N–H and O–H groups in total. The Bertz CT molecular complexity index is 605. The van der Waals surface area contributed by atoms with Crippen molar-refractivity contribution in [2.45, 2.75) is 19.6 Å². The van der Waals surface area contributed by atoms with Crippen molar-refractivity contribution in [2.75, 3.05) is 11.1 Å². The number of halogens is 1. The Labute approximate surface area is 134 Å². The van der Waals surface area contributed by atoms with Crippen molar-refractivity contribution in [3.63, 3.8) is 0 Å². The molecule has 0 bridgehead atoms. The molecule has 2 nitrogen and oxygen atoms in total. The third-order valence-electron chi connectivity index (χ3n) is 2.92. The summed E-state index contributed by atoms with van der Waals surface area (Å²) in [6.07, 6.45) is 0. The quantitative estimate of drug-likeness (QED) is 0.855. The lowest BCUT2D eigenvalue weighted by Gasteiger charge is -2.07. The number of carbonyl (C=O) groups excluding carboxylic acids is 1. The van der Waals surface area contributed by atoms with Crippen molar-refractivity contribution in [3.05, 3.63) is 64.2 Å². The Balaban J connectivity index is 1.80. The molecule has 0 aliphatic rings. The van der Waals surface area contributed by atoms with Gasteiger partial charge in [0, 0.05) is 16.5 Å². The van der Waals surface area contributed by atoms with Gasteiger partial charge in [-0.1, -0.05) is 29.8 Å². The molecule has 1 amide bonds. The van der Waals surface area contributed by atoms with Crippen LogP contribution < -0.4 is 5.32 Å². The van der Waals surface area contributed by atoms with Crippen molar-refractivity contribution in [1.82, 2.24) is 0 Å². The van der Waals surface area contributed by atoms with E-state index in [4.69, 9.17) is 11.6 Å². The molecule has 0 spiro atoms. The van der Waals surface area contributed by atoms with E-state index in [-0.39, 0.29) is 5.91 Å². The van der Waals surface area contributed by atoms with Gasteiger partial charge in [-0.2, -0.15) is 0 Å². The standard InChI is InChI=1S/C17H18ClNOS/c1-12-7-13(2)9-16(8-12)19-17(20)11-21-10-14-3-5-15(18)6-4-14/h3-9H,10-11H2,1-2H3,(H,19,20). The monoisotopic (exact) mass is 319 g/mol. The molecule has 0 aromatic heterocycles. The number of amides is 1. The van der Waals surface area contributed by atoms with Crippen LogP contribution in [0.3, 0.4) is 0 Å². The summed E-state index contributed by atoms with van der Waals surface area (Å²) in [7, 11) is 0. The minimum absolute atomic E-state index is 0.0268. The molecule has 0 radical (unpaired) electrons. The van der Waals surface area contributed by atoms with Crippen LogP contribution in [-0.4, -0.2) is 11.7 Å². The van der Waals surface area contributed by atoms with E-state index in [1.54, 1.807) is 11.8 Å². The Hall–Kier alpha value is -1.45. The highest BCUT2D eigenvalue weighted by Gasteiger charge is 2.04. The second-order valence-corrected chi connectivity index (χ2v) is 6.47. The van der Waals surface area contributed by atoms with Gasteiger partial charge in [0.15, 0.2) is 0 Å². The van der Waals surface area contributed by atoms with Gasteiger partial charge in [0.1, 0.15) is 0 Å². The molecule has 0 aliphatic heterocycles. The number of anilines is 1. The number of carbonyl (C=O) groups is 1. The third kappa shape index (κ3) is 5.44. The molecule has 2 aromatic rings. The molecular weight excluding hydrogens is 302 g/mol. The molecule has 0 saturated heterocycles. The van der Waals surface area contributed by atoms with Gasteiger partial charge in [-0.05, 0) is 54.8 Å². The molecule has 21 heavy (non-hydrogen) atoms. The van der Waals surface area contributed by atoms with Crippen molar-refractivity contribution in [3.8, 4) is 0 Å². The van der Waals surface area contributed by atoms with Crippen molar-refractivity contribution in [2.24, 2.45) is 0 Å². The molecule has 2 aromatic carbocycles. The molecule has 110 valence electrons. The summed E-state index contributed by atoms with van der Waals surface area (Å²) in [4.78, 5) is 11.9. The number of benzene rings is 2. The van der Waals surface area contributed by atoms with E-state index in [1.165, 1.54) is 5.56 Å². The average molecular weight is 320 g/mol. The summed E-state index contributed by atoms with van der Waals surface area (Å²) >= 11 is 7.43. The highest BCUT2D eigenvalue weighted by molar-refractivity contribution is 7.99. The fourth-order valence-electron chi connectivity index (χ4n) is 2.09. The first kappa shape index (κ1) is 15.9. The van der Waals surface area contributed by atoms with Crippen LogP contribution in [0.1, 0.15) is 16.7 Å². The molecule has 0 atom stereocenters. The van der Waals surface area contributed by atoms with Crippen molar-refractivity contribution < 1.29 is 4.79 Å². The van der Waals surface area contributed by atoms with Crippen LogP contribution in [0.5, 0.6) is 0 Å². The van der Waals surface area contributed by atoms with Gasteiger partial charge < -0.3 is 5.32 Å². The Morgan fingerprint density at radius 3 is 2.33 bits per heavy atom. The largest absolute Gasteiger partial charge is 0.325 e. The fourth-order valence-corrected chi connectivity index (χ4v) is 3.00. The zero-order valence-corrected chi connectivity index (χ0v) is 13.7. The van der Waals surface area contributed by atoms with Crippen LogP contribution in [0.2, 0.25) is 5.02 Å². The topological polar surface area (TPSA) is 29.1 Å². The van der Waals surface area contributed by atoms with Gasteiger partial charge in [0.2, 0.25) is 5.91 Å². The zero-order valence-electron chi connectivity index (χ0n) is 12.2. The molecule has 0 heterocycles. The molecular formula is C17H18ClNOS. The summed E-state index contributed by atoms with van der Waals surface area (Å²) in [5.41, 5.74) is 4.34. The van der Waals surface area contributed by atoms with Crippen LogP contribution in [0.25, 0.3) is 0 Å². The van der Waals surface area contributed by atoms with E-state index in [2.05, 4.69) is 11.4 Å². The first-order valence-electron chi connectivity index (χ1n) is 6.73. The van der Waals surface area contributed by atoms with Crippen molar-refractivity contribution >= 4 is 35.0 Å². The average Bonchev–Trinajstić information content (AvgIpc) is 2.39. The smallest absolute Gasteiger partial charge is 0.234 e. The molecule has 0 saturated carbocycles. The fraction of sp³-hybridized carbons (Fsp3) is 0.235. The number of hydrogen-bond acceptors (Lipinski definition) is 2. The minimum atomic E-state index is 0.0268. The lowest BCUT2D eigenvalue weighted by atomic mass is 10.1. The first-order valence-corrected chi connectivity index (χ1v) is 8.26. The van der Waals surface area contributed by atoms with E-state index in [0.29, 0.717) is 5.75 Å². The van der Waals surface area contributed by atoms with E-state index < -0.39 is 0 Å². The van der Waals surface area contributed by atoms with Gasteiger partial charge in [-0.15, -0.1) is 11.8 Å². The third-order valence-corrected chi connectivity index (χ3v) is 4.18. The Kier molecular flexibility index (Phi) is 5.71. The maximum absolute atomic E-state index is 11.9. The summed E-state index contributed by atoms with van der Waals surface area (Å²) in [6.45, 7) is 4.05.